The van der Waals surface area contributed by atoms with E-state index in [0.717, 1.165) is 26.2 Å². The van der Waals surface area contributed by atoms with Gasteiger partial charge in [0.1, 0.15) is 0 Å². The number of nitrogens with zero attached hydrogens (tertiary/aromatic N) is 2. The zero-order chi connectivity index (χ0) is 16.4. The van der Waals surface area contributed by atoms with Gasteiger partial charge >= 0.3 is 0 Å². The number of anilines is 2. The molecule has 1 aliphatic heterocycles. The number of carbonyl (C=O) groups excluding carboxylic acids is 1. The molecule has 0 saturated carbocycles. The standard InChI is InChI=1S/C19H23N3O/c1-14-11-15(2)13-18(12-14)21-7-9-22(10-8-21)19(23)16-3-5-17(20)6-4-16/h3-6,11-13H,7-10,20H2,1-2H3. The van der Waals surface area contributed by atoms with Crippen molar-refractivity contribution in [2.24, 2.45) is 0 Å². The Balaban J connectivity index is 1.66. The number of rotatable bonds is 2. The molecule has 1 heterocycles. The Morgan fingerprint density at radius 3 is 2.04 bits per heavy atom. The number of benzene rings is 2. The highest BCUT2D eigenvalue weighted by molar-refractivity contribution is 5.94. The predicted molar refractivity (Wildman–Crippen MR) is 94.9 cm³/mol. The molecule has 4 nitrogen and oxygen atoms in total. The Hall–Kier alpha value is -2.49. The fourth-order valence-electron chi connectivity index (χ4n) is 3.11. The highest BCUT2D eigenvalue weighted by atomic mass is 16.2. The second kappa shape index (κ2) is 6.32. The first-order valence-corrected chi connectivity index (χ1v) is 8.01. The maximum atomic E-state index is 12.5. The van der Waals surface area contributed by atoms with Crippen molar-refractivity contribution < 1.29 is 4.79 Å². The van der Waals surface area contributed by atoms with E-state index in [2.05, 4.69) is 36.9 Å². The molecule has 120 valence electrons. The van der Waals surface area contributed by atoms with Crippen LogP contribution in [0.4, 0.5) is 11.4 Å². The largest absolute Gasteiger partial charge is 0.399 e. The summed E-state index contributed by atoms with van der Waals surface area (Å²) in [5.74, 6) is 0.0880. The van der Waals surface area contributed by atoms with Crippen molar-refractivity contribution in [1.29, 1.82) is 0 Å². The average Bonchev–Trinajstić information content (AvgIpc) is 2.54. The number of nitrogens with two attached hydrogens (primary N) is 1. The zero-order valence-corrected chi connectivity index (χ0v) is 13.7. The lowest BCUT2D eigenvalue weighted by molar-refractivity contribution is 0.0747. The summed E-state index contributed by atoms with van der Waals surface area (Å²) in [6, 6.07) is 13.8. The SMILES string of the molecule is Cc1cc(C)cc(N2CCN(C(=O)c3ccc(N)cc3)CC2)c1. The molecule has 1 fully saturated rings. The minimum absolute atomic E-state index is 0.0880. The zero-order valence-electron chi connectivity index (χ0n) is 13.7. The summed E-state index contributed by atoms with van der Waals surface area (Å²) in [7, 11) is 0. The van der Waals surface area contributed by atoms with E-state index in [4.69, 9.17) is 5.73 Å². The van der Waals surface area contributed by atoms with Gasteiger partial charge in [-0.25, -0.2) is 0 Å². The van der Waals surface area contributed by atoms with Crippen LogP contribution in [0.2, 0.25) is 0 Å². The van der Waals surface area contributed by atoms with Gasteiger partial charge < -0.3 is 15.5 Å². The minimum Gasteiger partial charge on any atom is -0.399 e. The van der Waals surface area contributed by atoms with Crippen molar-refractivity contribution in [2.75, 3.05) is 36.8 Å². The van der Waals surface area contributed by atoms with Crippen LogP contribution in [0.1, 0.15) is 21.5 Å². The van der Waals surface area contributed by atoms with Crippen molar-refractivity contribution in [3.05, 3.63) is 59.2 Å². The smallest absolute Gasteiger partial charge is 0.253 e. The summed E-state index contributed by atoms with van der Waals surface area (Å²) >= 11 is 0. The fraction of sp³-hybridized carbons (Fsp3) is 0.316. The predicted octanol–water partition coefficient (Wildman–Crippen LogP) is 2.85. The van der Waals surface area contributed by atoms with Crippen LogP contribution in [0.3, 0.4) is 0 Å². The molecule has 0 unspecified atom stereocenters. The lowest BCUT2D eigenvalue weighted by Crippen LogP contribution is -2.48. The molecule has 0 aliphatic carbocycles. The van der Waals surface area contributed by atoms with Crippen LogP contribution in [0.15, 0.2) is 42.5 Å². The van der Waals surface area contributed by atoms with Gasteiger partial charge in [0, 0.05) is 43.1 Å². The van der Waals surface area contributed by atoms with Crippen molar-refractivity contribution in [2.45, 2.75) is 13.8 Å². The third-order valence-corrected chi connectivity index (χ3v) is 4.30. The molecule has 1 amide bonds. The summed E-state index contributed by atoms with van der Waals surface area (Å²) in [4.78, 5) is 16.8. The molecule has 0 spiro atoms. The van der Waals surface area contributed by atoms with Crippen LogP contribution in [-0.4, -0.2) is 37.0 Å². The van der Waals surface area contributed by atoms with E-state index < -0.39 is 0 Å². The Morgan fingerprint density at radius 2 is 1.48 bits per heavy atom. The molecular weight excluding hydrogens is 286 g/mol. The van der Waals surface area contributed by atoms with Crippen LogP contribution in [0.5, 0.6) is 0 Å². The molecule has 3 rings (SSSR count). The Bertz CT molecular complexity index is 681. The maximum absolute atomic E-state index is 12.5. The first-order valence-electron chi connectivity index (χ1n) is 8.01. The molecule has 4 heteroatoms. The summed E-state index contributed by atoms with van der Waals surface area (Å²) in [6.07, 6.45) is 0. The number of amides is 1. The number of hydrogen-bond acceptors (Lipinski definition) is 3. The molecule has 2 aromatic rings. The second-order valence-electron chi connectivity index (χ2n) is 6.25. The number of carbonyl (C=O) groups is 1. The maximum Gasteiger partial charge on any atom is 0.253 e. The quantitative estimate of drug-likeness (QED) is 0.868. The molecule has 1 saturated heterocycles. The van der Waals surface area contributed by atoms with Crippen LogP contribution in [0, 0.1) is 13.8 Å². The molecule has 2 aromatic carbocycles. The molecule has 0 radical (unpaired) electrons. The molecular formula is C19H23N3O. The Morgan fingerprint density at radius 1 is 0.913 bits per heavy atom. The van der Waals surface area contributed by atoms with Crippen molar-refractivity contribution in [1.82, 2.24) is 4.90 Å². The molecule has 1 aliphatic rings. The van der Waals surface area contributed by atoms with E-state index in [1.807, 2.05) is 4.90 Å². The van der Waals surface area contributed by atoms with Gasteiger partial charge in [-0.3, -0.25) is 4.79 Å². The molecule has 0 atom stereocenters. The Kier molecular flexibility index (Phi) is 4.24. The van der Waals surface area contributed by atoms with E-state index in [0.29, 0.717) is 11.3 Å². The Labute approximate surface area is 137 Å². The van der Waals surface area contributed by atoms with Crippen LogP contribution in [0.25, 0.3) is 0 Å². The highest BCUT2D eigenvalue weighted by Crippen LogP contribution is 2.21. The first-order chi connectivity index (χ1) is 11.0. The number of hydrogen-bond donors (Lipinski definition) is 1. The lowest BCUT2D eigenvalue weighted by atomic mass is 10.1. The second-order valence-corrected chi connectivity index (χ2v) is 6.25. The van der Waals surface area contributed by atoms with Gasteiger partial charge in [-0.15, -0.1) is 0 Å². The van der Waals surface area contributed by atoms with Crippen LogP contribution in [-0.2, 0) is 0 Å². The highest BCUT2D eigenvalue weighted by Gasteiger charge is 2.22. The fourth-order valence-corrected chi connectivity index (χ4v) is 3.11. The molecule has 0 bridgehead atoms. The van der Waals surface area contributed by atoms with Gasteiger partial charge in [0.25, 0.3) is 5.91 Å². The van der Waals surface area contributed by atoms with Crippen molar-refractivity contribution in [3.63, 3.8) is 0 Å². The van der Waals surface area contributed by atoms with Crippen molar-refractivity contribution >= 4 is 17.3 Å². The van der Waals surface area contributed by atoms with E-state index in [9.17, 15) is 4.79 Å². The molecule has 0 aromatic heterocycles. The monoisotopic (exact) mass is 309 g/mol. The van der Waals surface area contributed by atoms with Gasteiger partial charge in [-0.1, -0.05) is 6.07 Å². The third kappa shape index (κ3) is 3.47. The minimum atomic E-state index is 0.0880. The van der Waals surface area contributed by atoms with E-state index in [1.165, 1.54) is 16.8 Å². The van der Waals surface area contributed by atoms with Gasteiger partial charge in [0.2, 0.25) is 0 Å². The van der Waals surface area contributed by atoms with Crippen LogP contribution < -0.4 is 10.6 Å². The summed E-state index contributed by atoms with van der Waals surface area (Å²) in [6.45, 7) is 7.47. The summed E-state index contributed by atoms with van der Waals surface area (Å²) in [5, 5.41) is 0. The van der Waals surface area contributed by atoms with Gasteiger partial charge in [0.15, 0.2) is 0 Å². The molecule has 2 N–H and O–H groups in total. The van der Waals surface area contributed by atoms with Gasteiger partial charge in [-0.05, 0) is 61.4 Å². The van der Waals surface area contributed by atoms with Crippen molar-refractivity contribution in [3.8, 4) is 0 Å². The normalized spacial score (nSPS) is 14.9. The van der Waals surface area contributed by atoms with E-state index >= 15 is 0 Å². The van der Waals surface area contributed by atoms with Crippen LogP contribution >= 0.6 is 0 Å². The number of aryl methyl sites for hydroxylation is 2. The summed E-state index contributed by atoms with van der Waals surface area (Å²) in [5.41, 5.74) is 10.9. The average molecular weight is 309 g/mol. The summed E-state index contributed by atoms with van der Waals surface area (Å²) < 4.78 is 0. The lowest BCUT2D eigenvalue weighted by Gasteiger charge is -2.36. The van der Waals surface area contributed by atoms with Gasteiger partial charge in [0.05, 0.1) is 0 Å². The first kappa shape index (κ1) is 15.4. The number of nitrogen functional groups attached to an aromatic ring is 1. The number of piperazine rings is 1. The topological polar surface area (TPSA) is 49.6 Å². The third-order valence-electron chi connectivity index (χ3n) is 4.30. The van der Waals surface area contributed by atoms with E-state index in [-0.39, 0.29) is 5.91 Å². The van der Waals surface area contributed by atoms with Gasteiger partial charge in [-0.2, -0.15) is 0 Å². The van der Waals surface area contributed by atoms with E-state index in [1.54, 1.807) is 24.3 Å². The molecule has 23 heavy (non-hydrogen) atoms.